The normalized spacial score (nSPS) is 14.2. The molecule has 0 saturated carbocycles. The van der Waals surface area contributed by atoms with Crippen LogP contribution in [0, 0.1) is 0 Å². The summed E-state index contributed by atoms with van der Waals surface area (Å²) >= 11 is 6.21. The number of benzene rings is 3. The molecular weight excluding hydrogens is 562 g/mol. The van der Waals surface area contributed by atoms with E-state index in [1.165, 1.54) is 20.7 Å². The zero-order chi connectivity index (χ0) is 28.0. The van der Waals surface area contributed by atoms with Gasteiger partial charge in [-0.15, -0.1) is 0 Å². The first-order valence-electron chi connectivity index (χ1n) is 12.4. The summed E-state index contributed by atoms with van der Waals surface area (Å²) < 4.78 is 58.5. The molecule has 0 unspecified atom stereocenters. The molecular formula is C27H30ClN3O6S2. The van der Waals surface area contributed by atoms with Gasteiger partial charge in [0.15, 0.2) is 0 Å². The maximum absolute atomic E-state index is 12.6. The highest BCUT2D eigenvalue weighted by Gasteiger charge is 2.27. The molecule has 0 spiro atoms. The topological polar surface area (TPSA) is 113 Å². The number of rotatable bonds is 11. The highest BCUT2D eigenvalue weighted by molar-refractivity contribution is 7.92. The fraction of sp³-hybridized carbons (Fsp3) is 0.296. The number of nitrogens with zero attached hydrogens (tertiary/aromatic N) is 2. The minimum atomic E-state index is -3.60. The predicted molar refractivity (Wildman–Crippen MR) is 151 cm³/mol. The SMILES string of the molecule is CS(=O)(=O)N(Cc1ccccc1Cl)c1ccc(C(=O)NCCOc2ccc(S(=O)(=O)N3CCCC3)cc2)cc1. The van der Waals surface area contributed by atoms with E-state index in [4.69, 9.17) is 16.3 Å². The van der Waals surface area contributed by atoms with Crippen LogP contribution in [0.2, 0.25) is 5.02 Å². The van der Waals surface area contributed by atoms with Crippen molar-refractivity contribution in [2.24, 2.45) is 0 Å². The first kappa shape index (κ1) is 28.9. The van der Waals surface area contributed by atoms with Crippen LogP contribution in [0.25, 0.3) is 0 Å². The number of carbonyl (C=O) groups excluding carboxylic acids is 1. The summed E-state index contributed by atoms with van der Waals surface area (Å²) in [6.45, 7) is 1.55. The van der Waals surface area contributed by atoms with E-state index in [2.05, 4.69) is 5.32 Å². The molecule has 3 aromatic rings. The molecule has 208 valence electrons. The first-order chi connectivity index (χ1) is 18.6. The summed E-state index contributed by atoms with van der Waals surface area (Å²) in [5, 5.41) is 3.22. The Balaban J connectivity index is 1.30. The van der Waals surface area contributed by atoms with Gasteiger partial charge in [-0.3, -0.25) is 9.10 Å². The van der Waals surface area contributed by atoms with Gasteiger partial charge in [0, 0.05) is 23.7 Å². The second-order valence-electron chi connectivity index (χ2n) is 9.09. The number of nitrogens with one attached hydrogen (secondary N) is 1. The van der Waals surface area contributed by atoms with Crippen molar-refractivity contribution < 1.29 is 26.4 Å². The number of sulfonamides is 2. The Morgan fingerprint density at radius 1 is 0.949 bits per heavy atom. The van der Waals surface area contributed by atoms with Crippen LogP contribution in [0.15, 0.2) is 77.7 Å². The molecule has 1 fully saturated rings. The number of halogens is 1. The van der Waals surface area contributed by atoms with Gasteiger partial charge in [-0.25, -0.2) is 16.8 Å². The number of hydrogen-bond donors (Lipinski definition) is 1. The lowest BCUT2D eigenvalue weighted by molar-refractivity contribution is 0.0947. The van der Waals surface area contributed by atoms with E-state index in [1.807, 2.05) is 0 Å². The second-order valence-corrected chi connectivity index (χ2v) is 13.3. The van der Waals surface area contributed by atoms with Gasteiger partial charge in [-0.05, 0) is 73.0 Å². The Morgan fingerprint density at radius 3 is 2.21 bits per heavy atom. The lowest BCUT2D eigenvalue weighted by Crippen LogP contribution is -2.30. The van der Waals surface area contributed by atoms with Crippen molar-refractivity contribution in [2.75, 3.05) is 36.8 Å². The van der Waals surface area contributed by atoms with Crippen LogP contribution in [-0.4, -0.2) is 59.5 Å². The van der Waals surface area contributed by atoms with Crippen LogP contribution < -0.4 is 14.4 Å². The van der Waals surface area contributed by atoms with Crippen LogP contribution in [-0.2, 0) is 26.6 Å². The van der Waals surface area contributed by atoms with Gasteiger partial charge in [0.25, 0.3) is 5.91 Å². The molecule has 1 amide bonds. The molecule has 4 rings (SSSR count). The van der Waals surface area contributed by atoms with E-state index in [9.17, 15) is 21.6 Å². The fourth-order valence-corrected chi connectivity index (χ4v) is 6.77. The number of amides is 1. The summed E-state index contributed by atoms with van der Waals surface area (Å²) in [5.41, 5.74) is 1.43. The quantitative estimate of drug-likeness (QED) is 0.338. The van der Waals surface area contributed by atoms with Crippen LogP contribution in [0.1, 0.15) is 28.8 Å². The smallest absolute Gasteiger partial charge is 0.251 e. The summed E-state index contributed by atoms with van der Waals surface area (Å²) in [5.74, 6) is 0.155. The molecule has 1 heterocycles. The van der Waals surface area contributed by atoms with Crippen LogP contribution in [0.4, 0.5) is 5.69 Å². The van der Waals surface area contributed by atoms with Crippen LogP contribution >= 0.6 is 11.6 Å². The highest BCUT2D eigenvalue weighted by atomic mass is 35.5. The molecule has 1 N–H and O–H groups in total. The summed E-state index contributed by atoms with van der Waals surface area (Å²) in [4.78, 5) is 12.8. The Bertz CT molecular complexity index is 1510. The van der Waals surface area contributed by atoms with Gasteiger partial charge in [-0.1, -0.05) is 29.8 Å². The molecule has 0 bridgehead atoms. The van der Waals surface area contributed by atoms with Crippen molar-refractivity contribution in [3.05, 3.63) is 88.9 Å². The van der Waals surface area contributed by atoms with E-state index < -0.39 is 20.0 Å². The predicted octanol–water partition coefficient (Wildman–Crippen LogP) is 3.90. The minimum Gasteiger partial charge on any atom is -0.492 e. The lowest BCUT2D eigenvalue weighted by atomic mass is 10.1. The van der Waals surface area contributed by atoms with Crippen molar-refractivity contribution in [3.8, 4) is 5.75 Å². The number of carbonyl (C=O) groups is 1. The molecule has 0 radical (unpaired) electrons. The summed E-state index contributed by atoms with van der Waals surface area (Å²) in [6.07, 6.45) is 2.86. The maximum Gasteiger partial charge on any atom is 0.251 e. The van der Waals surface area contributed by atoms with Gasteiger partial charge in [0.2, 0.25) is 20.0 Å². The van der Waals surface area contributed by atoms with E-state index >= 15 is 0 Å². The molecule has 1 aliphatic rings. The molecule has 0 aromatic heterocycles. The molecule has 1 aliphatic heterocycles. The first-order valence-corrected chi connectivity index (χ1v) is 16.0. The Hall–Kier alpha value is -3.12. The van der Waals surface area contributed by atoms with E-state index in [1.54, 1.807) is 60.7 Å². The fourth-order valence-electron chi connectivity index (χ4n) is 4.18. The van der Waals surface area contributed by atoms with Crippen molar-refractivity contribution >= 4 is 43.2 Å². The molecule has 1 saturated heterocycles. The monoisotopic (exact) mass is 591 g/mol. The Kier molecular flexibility index (Phi) is 9.16. The zero-order valence-corrected chi connectivity index (χ0v) is 23.8. The van der Waals surface area contributed by atoms with Crippen LogP contribution in [0.5, 0.6) is 5.75 Å². The second kappa shape index (κ2) is 12.4. The van der Waals surface area contributed by atoms with E-state index in [0.29, 0.717) is 40.7 Å². The summed E-state index contributed by atoms with van der Waals surface area (Å²) in [7, 11) is -7.08. The van der Waals surface area contributed by atoms with Crippen molar-refractivity contribution in [2.45, 2.75) is 24.3 Å². The van der Waals surface area contributed by atoms with Gasteiger partial charge in [0.05, 0.1) is 29.9 Å². The average Bonchev–Trinajstić information content (AvgIpc) is 3.47. The third-order valence-electron chi connectivity index (χ3n) is 6.27. The van der Waals surface area contributed by atoms with Crippen molar-refractivity contribution in [1.82, 2.24) is 9.62 Å². The molecule has 12 heteroatoms. The molecule has 3 aromatic carbocycles. The van der Waals surface area contributed by atoms with Crippen LogP contribution in [0.3, 0.4) is 0 Å². The molecule has 0 atom stereocenters. The standard InChI is InChI=1S/C27H30ClN3O6S2/c1-38(33,34)31(20-22-6-2-3-7-26(22)28)23-10-8-21(9-11-23)27(32)29-16-19-37-24-12-14-25(15-13-24)39(35,36)30-17-4-5-18-30/h2-3,6-15H,4-5,16-20H2,1H3,(H,29,32). The van der Waals surface area contributed by atoms with Gasteiger partial charge < -0.3 is 10.1 Å². The van der Waals surface area contributed by atoms with Crippen molar-refractivity contribution in [1.29, 1.82) is 0 Å². The third-order valence-corrected chi connectivity index (χ3v) is 9.69. The molecule has 39 heavy (non-hydrogen) atoms. The molecule has 0 aliphatic carbocycles. The molecule has 9 nitrogen and oxygen atoms in total. The lowest BCUT2D eigenvalue weighted by Gasteiger charge is -2.23. The summed E-state index contributed by atoms with van der Waals surface area (Å²) in [6, 6.07) is 19.5. The third kappa shape index (κ3) is 7.30. The minimum absolute atomic E-state index is 0.0621. The van der Waals surface area contributed by atoms with Gasteiger partial charge in [0.1, 0.15) is 12.4 Å². The van der Waals surface area contributed by atoms with Crippen molar-refractivity contribution in [3.63, 3.8) is 0 Å². The zero-order valence-electron chi connectivity index (χ0n) is 21.4. The average molecular weight is 592 g/mol. The highest BCUT2D eigenvalue weighted by Crippen LogP contribution is 2.25. The number of anilines is 1. The number of ether oxygens (including phenoxy) is 1. The van der Waals surface area contributed by atoms with E-state index in [0.717, 1.165) is 19.1 Å². The Morgan fingerprint density at radius 2 is 1.59 bits per heavy atom. The maximum atomic E-state index is 12.6. The van der Waals surface area contributed by atoms with Gasteiger partial charge in [-0.2, -0.15) is 4.31 Å². The largest absolute Gasteiger partial charge is 0.492 e. The van der Waals surface area contributed by atoms with E-state index in [-0.39, 0.29) is 30.5 Å². The van der Waals surface area contributed by atoms with Gasteiger partial charge >= 0.3 is 0 Å². The number of hydrogen-bond acceptors (Lipinski definition) is 6. The Labute approximate surface area is 234 Å².